The fourth-order valence-corrected chi connectivity index (χ4v) is 2.86. The van der Waals surface area contributed by atoms with Crippen LogP contribution < -0.4 is 5.32 Å². The number of hydrogen-bond acceptors (Lipinski definition) is 2. The number of unbranched alkanes of at least 4 members (excludes halogenated alkanes) is 6. The van der Waals surface area contributed by atoms with Gasteiger partial charge in [0.05, 0.1) is 6.10 Å². The van der Waals surface area contributed by atoms with Crippen LogP contribution in [-0.2, 0) is 11.3 Å². The molecule has 0 saturated heterocycles. The lowest BCUT2D eigenvalue weighted by molar-refractivity contribution is -0.121. The number of aliphatic hydroxyl groups excluding tert-OH is 1. The van der Waals surface area contributed by atoms with E-state index in [4.69, 9.17) is 0 Å². The highest BCUT2D eigenvalue weighted by molar-refractivity contribution is 5.75. The van der Waals surface area contributed by atoms with E-state index in [0.29, 0.717) is 13.0 Å². The van der Waals surface area contributed by atoms with Gasteiger partial charge in [0.25, 0.3) is 0 Å². The third-order valence-corrected chi connectivity index (χ3v) is 4.41. The molecule has 1 rings (SSSR count). The second-order valence-corrected chi connectivity index (χ2v) is 6.72. The van der Waals surface area contributed by atoms with Crippen LogP contribution >= 0.6 is 0 Å². The summed E-state index contributed by atoms with van der Waals surface area (Å²) in [7, 11) is 0. The Hall–Kier alpha value is -1.35. The van der Waals surface area contributed by atoms with Gasteiger partial charge in [-0.15, -0.1) is 0 Å². The van der Waals surface area contributed by atoms with Crippen LogP contribution in [0.5, 0.6) is 0 Å². The maximum absolute atomic E-state index is 11.8. The van der Waals surface area contributed by atoms with Crippen molar-refractivity contribution in [2.75, 3.05) is 0 Å². The first kappa shape index (κ1) is 20.7. The van der Waals surface area contributed by atoms with E-state index >= 15 is 0 Å². The molecule has 0 saturated carbocycles. The molecular formula is C21H35NO2. The van der Waals surface area contributed by atoms with E-state index in [1.165, 1.54) is 38.5 Å². The van der Waals surface area contributed by atoms with Gasteiger partial charge in [0, 0.05) is 13.0 Å². The summed E-state index contributed by atoms with van der Waals surface area (Å²) in [6.45, 7) is 2.82. The van der Waals surface area contributed by atoms with Crippen molar-refractivity contribution in [1.82, 2.24) is 5.32 Å². The molecule has 24 heavy (non-hydrogen) atoms. The Morgan fingerprint density at radius 1 is 0.958 bits per heavy atom. The van der Waals surface area contributed by atoms with E-state index in [1.807, 2.05) is 30.3 Å². The predicted octanol–water partition coefficient (Wildman–Crippen LogP) is 4.97. The molecule has 1 aromatic rings. The van der Waals surface area contributed by atoms with Gasteiger partial charge in [-0.05, 0) is 24.8 Å². The van der Waals surface area contributed by atoms with Crippen LogP contribution in [-0.4, -0.2) is 17.1 Å². The zero-order valence-electron chi connectivity index (χ0n) is 15.3. The van der Waals surface area contributed by atoms with Gasteiger partial charge >= 0.3 is 0 Å². The van der Waals surface area contributed by atoms with Gasteiger partial charge in [-0.3, -0.25) is 4.79 Å². The molecule has 1 amide bonds. The largest absolute Gasteiger partial charge is 0.393 e. The van der Waals surface area contributed by atoms with Gasteiger partial charge in [0.15, 0.2) is 0 Å². The number of hydrogen-bond donors (Lipinski definition) is 2. The summed E-state index contributed by atoms with van der Waals surface area (Å²) in [6, 6.07) is 9.93. The number of aliphatic hydroxyl groups is 1. The summed E-state index contributed by atoms with van der Waals surface area (Å²) < 4.78 is 0. The number of nitrogens with one attached hydrogen (secondary N) is 1. The number of carbonyl (C=O) groups is 1. The lowest BCUT2D eigenvalue weighted by Crippen LogP contribution is -2.22. The quantitative estimate of drug-likeness (QED) is 0.472. The van der Waals surface area contributed by atoms with Crippen LogP contribution in [0.25, 0.3) is 0 Å². The average molecular weight is 334 g/mol. The molecule has 2 N–H and O–H groups in total. The SMILES string of the molecule is CCCCCCCCC[C@H](O)CCCC(=O)NCc1ccccc1. The molecule has 0 aliphatic rings. The van der Waals surface area contributed by atoms with Crippen molar-refractivity contribution >= 4 is 5.91 Å². The highest BCUT2D eigenvalue weighted by atomic mass is 16.3. The molecule has 0 heterocycles. The summed E-state index contributed by atoms with van der Waals surface area (Å²) in [5.74, 6) is 0.0713. The van der Waals surface area contributed by atoms with Gasteiger partial charge in [-0.2, -0.15) is 0 Å². The molecule has 0 aliphatic carbocycles. The first-order valence-electron chi connectivity index (χ1n) is 9.71. The second kappa shape index (κ2) is 14.0. The van der Waals surface area contributed by atoms with Gasteiger partial charge in [0.2, 0.25) is 5.91 Å². The minimum atomic E-state index is -0.248. The maximum Gasteiger partial charge on any atom is 0.220 e. The standard InChI is InChI=1S/C21H35NO2/c1-2-3-4-5-6-7-11-15-20(23)16-12-17-21(24)22-18-19-13-9-8-10-14-19/h8-10,13-14,20,23H,2-7,11-12,15-18H2,1H3,(H,22,24)/t20-/m0/s1. The molecule has 0 bridgehead atoms. The molecular weight excluding hydrogens is 298 g/mol. The topological polar surface area (TPSA) is 49.3 Å². The van der Waals surface area contributed by atoms with Crippen LogP contribution in [0, 0.1) is 0 Å². The molecule has 136 valence electrons. The third-order valence-electron chi connectivity index (χ3n) is 4.41. The zero-order valence-corrected chi connectivity index (χ0v) is 15.3. The molecule has 1 atom stereocenters. The summed E-state index contributed by atoms with van der Waals surface area (Å²) in [4.78, 5) is 11.8. The van der Waals surface area contributed by atoms with Crippen LogP contribution in [0.1, 0.15) is 83.1 Å². The Labute approximate surface area is 147 Å². The maximum atomic E-state index is 11.8. The van der Waals surface area contributed by atoms with Crippen LogP contribution in [0.4, 0.5) is 0 Å². The number of benzene rings is 1. The zero-order chi connectivity index (χ0) is 17.5. The van der Waals surface area contributed by atoms with Crippen molar-refractivity contribution in [3.63, 3.8) is 0 Å². The molecule has 0 radical (unpaired) electrons. The molecule has 1 aromatic carbocycles. The normalized spacial score (nSPS) is 12.1. The Kier molecular flexibility index (Phi) is 12.1. The Bertz CT molecular complexity index is 419. The second-order valence-electron chi connectivity index (χ2n) is 6.72. The van der Waals surface area contributed by atoms with E-state index in [1.54, 1.807) is 0 Å². The van der Waals surface area contributed by atoms with Crippen molar-refractivity contribution in [2.45, 2.75) is 90.2 Å². The molecule has 3 nitrogen and oxygen atoms in total. The summed E-state index contributed by atoms with van der Waals surface area (Å²) >= 11 is 0. The van der Waals surface area contributed by atoms with Gasteiger partial charge < -0.3 is 10.4 Å². The Morgan fingerprint density at radius 2 is 1.58 bits per heavy atom. The van der Waals surface area contributed by atoms with Crippen molar-refractivity contribution < 1.29 is 9.90 Å². The van der Waals surface area contributed by atoms with E-state index in [0.717, 1.165) is 31.2 Å². The monoisotopic (exact) mass is 333 g/mol. The highest BCUT2D eigenvalue weighted by Crippen LogP contribution is 2.12. The van der Waals surface area contributed by atoms with Crippen LogP contribution in [0.2, 0.25) is 0 Å². The number of amides is 1. The lowest BCUT2D eigenvalue weighted by Gasteiger charge is -2.10. The molecule has 0 aliphatic heterocycles. The van der Waals surface area contributed by atoms with E-state index in [-0.39, 0.29) is 12.0 Å². The van der Waals surface area contributed by atoms with E-state index in [9.17, 15) is 9.90 Å². The minimum absolute atomic E-state index is 0.0713. The Morgan fingerprint density at radius 3 is 2.29 bits per heavy atom. The molecule has 0 unspecified atom stereocenters. The fraction of sp³-hybridized carbons (Fsp3) is 0.667. The third kappa shape index (κ3) is 11.2. The van der Waals surface area contributed by atoms with E-state index < -0.39 is 0 Å². The lowest BCUT2D eigenvalue weighted by atomic mass is 10.0. The van der Waals surface area contributed by atoms with E-state index in [2.05, 4.69) is 12.2 Å². The van der Waals surface area contributed by atoms with Crippen molar-refractivity contribution in [2.24, 2.45) is 0 Å². The summed E-state index contributed by atoms with van der Waals surface area (Å²) in [5.41, 5.74) is 1.12. The molecule has 0 aromatic heterocycles. The van der Waals surface area contributed by atoms with Gasteiger partial charge in [-0.1, -0.05) is 82.2 Å². The molecule has 0 spiro atoms. The van der Waals surface area contributed by atoms with Crippen molar-refractivity contribution in [1.29, 1.82) is 0 Å². The number of carbonyl (C=O) groups excluding carboxylic acids is 1. The first-order valence-corrected chi connectivity index (χ1v) is 9.71. The number of rotatable bonds is 14. The highest BCUT2D eigenvalue weighted by Gasteiger charge is 2.06. The fourth-order valence-electron chi connectivity index (χ4n) is 2.86. The summed E-state index contributed by atoms with van der Waals surface area (Å²) in [5, 5.41) is 12.9. The summed E-state index contributed by atoms with van der Waals surface area (Å²) in [6.07, 6.45) is 11.5. The van der Waals surface area contributed by atoms with Crippen LogP contribution in [0.15, 0.2) is 30.3 Å². The molecule has 0 fully saturated rings. The van der Waals surface area contributed by atoms with Gasteiger partial charge in [0.1, 0.15) is 0 Å². The smallest absolute Gasteiger partial charge is 0.220 e. The van der Waals surface area contributed by atoms with Gasteiger partial charge in [-0.25, -0.2) is 0 Å². The van der Waals surface area contributed by atoms with Crippen molar-refractivity contribution in [3.8, 4) is 0 Å². The first-order chi connectivity index (χ1) is 11.7. The Balaban J connectivity index is 1.94. The minimum Gasteiger partial charge on any atom is -0.393 e. The average Bonchev–Trinajstić information content (AvgIpc) is 2.60. The van der Waals surface area contributed by atoms with Crippen LogP contribution in [0.3, 0.4) is 0 Å². The molecule has 3 heteroatoms. The van der Waals surface area contributed by atoms with Crippen molar-refractivity contribution in [3.05, 3.63) is 35.9 Å². The predicted molar refractivity (Wildman–Crippen MR) is 101 cm³/mol.